The molecule has 0 aliphatic heterocycles. The number of aryl methyl sites for hydroxylation is 3. The molecule has 2 heteroatoms. The molecule has 1 heterocycles. The van der Waals surface area contributed by atoms with Crippen molar-refractivity contribution in [3.63, 3.8) is 0 Å². The molecule has 19 heavy (non-hydrogen) atoms. The van der Waals surface area contributed by atoms with Crippen LogP contribution in [0.2, 0.25) is 0 Å². The van der Waals surface area contributed by atoms with Crippen molar-refractivity contribution in [2.45, 2.75) is 39.2 Å². The van der Waals surface area contributed by atoms with E-state index in [1.807, 2.05) is 11.3 Å². The minimum atomic E-state index is 0.362. The molecule has 1 aliphatic carbocycles. The van der Waals surface area contributed by atoms with Crippen LogP contribution < -0.4 is 5.32 Å². The zero-order valence-electron chi connectivity index (χ0n) is 11.7. The Morgan fingerprint density at radius 3 is 2.89 bits per heavy atom. The first-order valence-electron chi connectivity index (χ1n) is 7.19. The Morgan fingerprint density at radius 1 is 1.26 bits per heavy atom. The first-order chi connectivity index (χ1) is 9.28. The third-order valence-corrected chi connectivity index (χ3v) is 5.14. The van der Waals surface area contributed by atoms with Crippen LogP contribution in [0, 0.1) is 6.92 Å². The van der Waals surface area contributed by atoms with E-state index in [0.29, 0.717) is 6.04 Å². The summed E-state index contributed by atoms with van der Waals surface area (Å²) in [5.74, 6) is 0. The van der Waals surface area contributed by atoms with Crippen molar-refractivity contribution in [3.8, 4) is 0 Å². The summed E-state index contributed by atoms with van der Waals surface area (Å²) in [4.78, 5) is 3.10. The lowest BCUT2D eigenvalue weighted by Crippen LogP contribution is -2.21. The highest BCUT2D eigenvalue weighted by Gasteiger charge is 2.20. The number of hydrogen-bond acceptors (Lipinski definition) is 2. The van der Waals surface area contributed by atoms with Crippen LogP contribution in [0.25, 0.3) is 0 Å². The average Bonchev–Trinajstić information content (AvgIpc) is 2.96. The van der Waals surface area contributed by atoms with E-state index in [2.05, 4.69) is 49.5 Å². The van der Waals surface area contributed by atoms with E-state index in [0.717, 1.165) is 6.54 Å². The summed E-state index contributed by atoms with van der Waals surface area (Å²) in [6.07, 6.45) is 3.91. The highest BCUT2D eigenvalue weighted by atomic mass is 32.1. The van der Waals surface area contributed by atoms with Gasteiger partial charge in [-0.2, -0.15) is 0 Å². The highest BCUT2D eigenvalue weighted by Crippen LogP contribution is 2.36. The first kappa shape index (κ1) is 12.9. The van der Waals surface area contributed by atoms with Gasteiger partial charge >= 0.3 is 0 Å². The molecule has 1 N–H and O–H groups in total. The third-order valence-electron chi connectivity index (χ3n) is 3.83. The maximum absolute atomic E-state index is 3.64. The standard InChI is InChI=1S/C17H21NS/c1-3-18-17(14-8-4-6-12(2)10-14)16-11-13-7-5-9-15(13)19-16/h4,6,8,10-11,17-18H,3,5,7,9H2,1-2H3. The van der Waals surface area contributed by atoms with Gasteiger partial charge in [0, 0.05) is 9.75 Å². The monoisotopic (exact) mass is 271 g/mol. The Hall–Kier alpha value is -1.12. The minimum absolute atomic E-state index is 0.362. The topological polar surface area (TPSA) is 12.0 Å². The summed E-state index contributed by atoms with van der Waals surface area (Å²) >= 11 is 2.01. The van der Waals surface area contributed by atoms with Crippen LogP contribution >= 0.6 is 11.3 Å². The second-order valence-electron chi connectivity index (χ2n) is 5.36. The zero-order chi connectivity index (χ0) is 13.2. The van der Waals surface area contributed by atoms with E-state index < -0.39 is 0 Å². The van der Waals surface area contributed by atoms with Crippen LogP contribution in [-0.2, 0) is 12.8 Å². The van der Waals surface area contributed by atoms with E-state index in [1.54, 1.807) is 10.4 Å². The Balaban J connectivity index is 1.95. The summed E-state index contributed by atoms with van der Waals surface area (Å²) in [6, 6.07) is 11.7. The maximum atomic E-state index is 3.64. The quantitative estimate of drug-likeness (QED) is 0.877. The Labute approximate surface area is 119 Å². The molecule has 0 saturated carbocycles. The first-order valence-corrected chi connectivity index (χ1v) is 8.01. The number of fused-ring (bicyclic) bond motifs is 1. The molecule has 1 unspecified atom stereocenters. The van der Waals surface area contributed by atoms with Gasteiger partial charge in [-0.15, -0.1) is 11.3 Å². The van der Waals surface area contributed by atoms with Crippen molar-refractivity contribution in [1.29, 1.82) is 0 Å². The van der Waals surface area contributed by atoms with Gasteiger partial charge in [0.25, 0.3) is 0 Å². The molecule has 1 atom stereocenters. The van der Waals surface area contributed by atoms with Crippen molar-refractivity contribution in [2.75, 3.05) is 6.54 Å². The Kier molecular flexibility index (Phi) is 3.72. The molecule has 1 nitrogen and oxygen atoms in total. The van der Waals surface area contributed by atoms with E-state index >= 15 is 0 Å². The van der Waals surface area contributed by atoms with Gasteiger partial charge in [0.1, 0.15) is 0 Å². The summed E-state index contributed by atoms with van der Waals surface area (Å²) < 4.78 is 0. The summed E-state index contributed by atoms with van der Waals surface area (Å²) in [7, 11) is 0. The predicted octanol–water partition coefficient (Wildman–Crippen LogP) is 4.24. The molecule has 0 bridgehead atoms. The van der Waals surface area contributed by atoms with Gasteiger partial charge in [-0.1, -0.05) is 36.8 Å². The lowest BCUT2D eigenvalue weighted by molar-refractivity contribution is 0.639. The van der Waals surface area contributed by atoms with Gasteiger partial charge in [0.05, 0.1) is 6.04 Å². The molecule has 0 spiro atoms. The van der Waals surface area contributed by atoms with E-state index in [-0.39, 0.29) is 0 Å². The van der Waals surface area contributed by atoms with Crippen LogP contribution in [0.5, 0.6) is 0 Å². The Morgan fingerprint density at radius 2 is 2.16 bits per heavy atom. The van der Waals surface area contributed by atoms with E-state index in [4.69, 9.17) is 0 Å². The molecule has 1 aromatic carbocycles. The van der Waals surface area contributed by atoms with Crippen LogP contribution in [0.15, 0.2) is 30.3 Å². The normalized spacial score (nSPS) is 15.5. The molecule has 0 amide bonds. The lowest BCUT2D eigenvalue weighted by Gasteiger charge is -2.17. The second-order valence-corrected chi connectivity index (χ2v) is 6.52. The fourth-order valence-corrected chi connectivity index (χ4v) is 4.29. The van der Waals surface area contributed by atoms with Crippen molar-refractivity contribution in [2.24, 2.45) is 0 Å². The van der Waals surface area contributed by atoms with Gasteiger partial charge in [-0.05, 0) is 49.9 Å². The van der Waals surface area contributed by atoms with Gasteiger partial charge in [0.2, 0.25) is 0 Å². The molecular formula is C17H21NS. The van der Waals surface area contributed by atoms with Crippen molar-refractivity contribution < 1.29 is 0 Å². The molecule has 3 rings (SSSR count). The zero-order valence-corrected chi connectivity index (χ0v) is 12.5. The molecule has 0 fully saturated rings. The van der Waals surface area contributed by atoms with Gasteiger partial charge < -0.3 is 5.32 Å². The molecule has 0 radical (unpaired) electrons. The van der Waals surface area contributed by atoms with Crippen molar-refractivity contribution in [1.82, 2.24) is 5.32 Å². The number of benzene rings is 1. The average molecular weight is 271 g/mol. The third kappa shape index (κ3) is 2.60. The maximum Gasteiger partial charge on any atom is 0.0671 e. The van der Waals surface area contributed by atoms with Gasteiger partial charge in [-0.25, -0.2) is 0 Å². The van der Waals surface area contributed by atoms with Crippen LogP contribution in [0.4, 0.5) is 0 Å². The molecule has 2 aromatic rings. The number of thiophene rings is 1. The van der Waals surface area contributed by atoms with Gasteiger partial charge in [0.15, 0.2) is 0 Å². The number of nitrogens with one attached hydrogen (secondary N) is 1. The summed E-state index contributed by atoms with van der Waals surface area (Å²) in [5, 5.41) is 3.64. The fraction of sp³-hybridized carbons (Fsp3) is 0.412. The highest BCUT2D eigenvalue weighted by molar-refractivity contribution is 7.12. The fourth-order valence-electron chi connectivity index (χ4n) is 2.93. The van der Waals surface area contributed by atoms with E-state index in [9.17, 15) is 0 Å². The second kappa shape index (κ2) is 5.48. The smallest absolute Gasteiger partial charge is 0.0671 e. The summed E-state index contributed by atoms with van der Waals surface area (Å²) in [6.45, 7) is 5.35. The van der Waals surface area contributed by atoms with Crippen molar-refractivity contribution >= 4 is 11.3 Å². The molecule has 0 saturated heterocycles. The number of hydrogen-bond donors (Lipinski definition) is 1. The Bertz CT molecular complexity index is 549. The van der Waals surface area contributed by atoms with Crippen molar-refractivity contribution in [3.05, 3.63) is 56.8 Å². The van der Waals surface area contributed by atoms with Crippen LogP contribution in [-0.4, -0.2) is 6.54 Å². The molecular weight excluding hydrogens is 250 g/mol. The van der Waals surface area contributed by atoms with E-state index in [1.165, 1.54) is 35.3 Å². The lowest BCUT2D eigenvalue weighted by atomic mass is 10.0. The predicted molar refractivity (Wildman–Crippen MR) is 83.0 cm³/mol. The summed E-state index contributed by atoms with van der Waals surface area (Å²) in [5.41, 5.74) is 4.32. The SMILES string of the molecule is CCNC(c1cccc(C)c1)c1cc2c(s1)CCC2. The van der Waals surface area contributed by atoms with Crippen LogP contribution in [0.1, 0.15) is 45.8 Å². The number of rotatable bonds is 4. The molecule has 1 aliphatic rings. The minimum Gasteiger partial charge on any atom is -0.306 e. The molecule has 1 aromatic heterocycles. The van der Waals surface area contributed by atoms with Gasteiger partial charge in [-0.3, -0.25) is 0 Å². The van der Waals surface area contributed by atoms with Crippen LogP contribution in [0.3, 0.4) is 0 Å². The largest absolute Gasteiger partial charge is 0.306 e. The molecule has 100 valence electrons.